The van der Waals surface area contributed by atoms with E-state index in [0.717, 1.165) is 23.7 Å². The molecule has 1 atom stereocenters. The highest BCUT2D eigenvalue weighted by Gasteiger charge is 2.30. The van der Waals surface area contributed by atoms with Crippen LogP contribution >= 0.6 is 11.6 Å². The molecule has 0 amide bonds. The molecule has 0 saturated carbocycles. The SMILES string of the molecule is CC1(c2ccc(-n3ccnc3)c(Cl)c2)CCCN1. The first kappa shape index (κ1) is 11.8. The van der Waals surface area contributed by atoms with Crippen LogP contribution in [0, 0.1) is 0 Å². The van der Waals surface area contributed by atoms with Crippen LogP contribution < -0.4 is 5.32 Å². The Bertz CT molecular complexity index is 542. The lowest BCUT2D eigenvalue weighted by Crippen LogP contribution is -2.33. The summed E-state index contributed by atoms with van der Waals surface area (Å²) >= 11 is 6.38. The highest BCUT2D eigenvalue weighted by Crippen LogP contribution is 2.33. The second kappa shape index (κ2) is 4.41. The van der Waals surface area contributed by atoms with Gasteiger partial charge in [-0.05, 0) is 44.0 Å². The Morgan fingerprint density at radius 1 is 1.44 bits per heavy atom. The topological polar surface area (TPSA) is 29.9 Å². The van der Waals surface area contributed by atoms with Crippen LogP contribution in [0.1, 0.15) is 25.3 Å². The summed E-state index contributed by atoms with van der Waals surface area (Å²) in [6, 6.07) is 6.28. The van der Waals surface area contributed by atoms with E-state index < -0.39 is 0 Å². The summed E-state index contributed by atoms with van der Waals surface area (Å²) in [6.45, 7) is 3.32. The van der Waals surface area contributed by atoms with Gasteiger partial charge in [0, 0.05) is 17.9 Å². The zero-order valence-corrected chi connectivity index (χ0v) is 11.1. The van der Waals surface area contributed by atoms with Gasteiger partial charge in [0.2, 0.25) is 0 Å². The molecule has 2 heterocycles. The van der Waals surface area contributed by atoms with E-state index in [-0.39, 0.29) is 5.54 Å². The third kappa shape index (κ3) is 1.93. The van der Waals surface area contributed by atoms with Gasteiger partial charge in [-0.15, -0.1) is 0 Å². The van der Waals surface area contributed by atoms with Crippen LogP contribution in [0.15, 0.2) is 36.9 Å². The van der Waals surface area contributed by atoms with Gasteiger partial charge in [0.1, 0.15) is 0 Å². The minimum absolute atomic E-state index is 0.0666. The van der Waals surface area contributed by atoms with Crippen molar-refractivity contribution in [2.45, 2.75) is 25.3 Å². The first-order valence-electron chi connectivity index (χ1n) is 6.22. The van der Waals surface area contributed by atoms with Crippen LogP contribution in [-0.2, 0) is 5.54 Å². The number of rotatable bonds is 2. The summed E-state index contributed by atoms with van der Waals surface area (Å²) in [4.78, 5) is 4.05. The summed E-state index contributed by atoms with van der Waals surface area (Å²) in [6.07, 6.45) is 7.79. The molecule has 18 heavy (non-hydrogen) atoms. The smallest absolute Gasteiger partial charge is 0.0992 e. The Morgan fingerprint density at radius 3 is 2.94 bits per heavy atom. The molecule has 3 rings (SSSR count). The van der Waals surface area contributed by atoms with Crippen LogP contribution in [0.3, 0.4) is 0 Å². The number of benzene rings is 1. The molecule has 3 nitrogen and oxygen atoms in total. The molecule has 1 unspecified atom stereocenters. The van der Waals surface area contributed by atoms with Gasteiger partial charge >= 0.3 is 0 Å². The average Bonchev–Trinajstić information content (AvgIpc) is 3.00. The number of halogens is 1. The molecule has 0 spiro atoms. The third-order valence-corrected chi connectivity index (χ3v) is 4.04. The molecule has 1 aliphatic heterocycles. The van der Waals surface area contributed by atoms with E-state index in [1.807, 2.05) is 10.8 Å². The van der Waals surface area contributed by atoms with Crippen molar-refractivity contribution in [1.82, 2.24) is 14.9 Å². The predicted molar refractivity (Wildman–Crippen MR) is 73.2 cm³/mol. The highest BCUT2D eigenvalue weighted by molar-refractivity contribution is 6.32. The molecule has 1 aliphatic rings. The van der Waals surface area contributed by atoms with E-state index in [0.29, 0.717) is 0 Å². The maximum Gasteiger partial charge on any atom is 0.0992 e. The number of nitrogens with zero attached hydrogens (tertiary/aromatic N) is 2. The van der Waals surface area contributed by atoms with E-state index in [1.165, 1.54) is 12.0 Å². The van der Waals surface area contributed by atoms with E-state index in [9.17, 15) is 0 Å². The summed E-state index contributed by atoms with van der Waals surface area (Å²) < 4.78 is 1.93. The monoisotopic (exact) mass is 261 g/mol. The number of nitrogens with one attached hydrogen (secondary N) is 1. The lowest BCUT2D eigenvalue weighted by atomic mass is 9.90. The van der Waals surface area contributed by atoms with E-state index in [2.05, 4.69) is 35.4 Å². The molecular weight excluding hydrogens is 246 g/mol. The maximum absolute atomic E-state index is 6.38. The lowest BCUT2D eigenvalue weighted by molar-refractivity contribution is 0.435. The van der Waals surface area contributed by atoms with Crippen molar-refractivity contribution >= 4 is 11.6 Å². The van der Waals surface area contributed by atoms with Gasteiger partial charge in [0.25, 0.3) is 0 Å². The van der Waals surface area contributed by atoms with Crippen LogP contribution in [0.5, 0.6) is 0 Å². The quantitative estimate of drug-likeness (QED) is 0.900. The minimum Gasteiger partial charge on any atom is -0.308 e. The van der Waals surface area contributed by atoms with Gasteiger partial charge in [0.15, 0.2) is 0 Å². The Kier molecular flexibility index (Phi) is 2.88. The van der Waals surface area contributed by atoms with Gasteiger partial charge in [0.05, 0.1) is 17.0 Å². The Labute approximate surface area is 112 Å². The molecular formula is C14H16ClN3. The molecule has 2 aromatic rings. The van der Waals surface area contributed by atoms with Crippen LogP contribution in [0.2, 0.25) is 5.02 Å². The molecule has 1 aromatic heterocycles. The van der Waals surface area contributed by atoms with Crippen molar-refractivity contribution in [2.24, 2.45) is 0 Å². The van der Waals surface area contributed by atoms with Gasteiger partial charge < -0.3 is 9.88 Å². The van der Waals surface area contributed by atoms with Gasteiger partial charge in [-0.3, -0.25) is 0 Å². The fourth-order valence-corrected chi connectivity index (χ4v) is 2.88. The van der Waals surface area contributed by atoms with Crippen molar-refractivity contribution in [3.05, 3.63) is 47.5 Å². The summed E-state index contributed by atoms with van der Waals surface area (Å²) in [5, 5.41) is 4.32. The number of imidazole rings is 1. The first-order chi connectivity index (χ1) is 8.69. The van der Waals surface area contributed by atoms with Crippen molar-refractivity contribution in [3.8, 4) is 5.69 Å². The zero-order valence-electron chi connectivity index (χ0n) is 10.4. The number of hydrogen-bond donors (Lipinski definition) is 1. The Hall–Kier alpha value is -1.32. The van der Waals surface area contributed by atoms with Crippen LogP contribution in [-0.4, -0.2) is 16.1 Å². The molecule has 0 radical (unpaired) electrons. The number of hydrogen-bond acceptors (Lipinski definition) is 2. The molecule has 4 heteroatoms. The first-order valence-corrected chi connectivity index (χ1v) is 6.60. The van der Waals surface area contributed by atoms with E-state index in [1.54, 1.807) is 12.5 Å². The van der Waals surface area contributed by atoms with Gasteiger partial charge in [-0.2, -0.15) is 0 Å². The fourth-order valence-electron chi connectivity index (χ4n) is 2.60. The minimum atomic E-state index is 0.0666. The summed E-state index contributed by atoms with van der Waals surface area (Å²) in [5.74, 6) is 0. The highest BCUT2D eigenvalue weighted by atomic mass is 35.5. The molecule has 0 aliphatic carbocycles. The van der Waals surface area contributed by atoms with E-state index in [4.69, 9.17) is 11.6 Å². The molecule has 0 bridgehead atoms. The number of aromatic nitrogens is 2. The normalized spacial score (nSPS) is 23.4. The molecule has 94 valence electrons. The Balaban J connectivity index is 1.99. The average molecular weight is 262 g/mol. The van der Waals surface area contributed by atoms with Crippen molar-refractivity contribution in [3.63, 3.8) is 0 Å². The molecule has 1 fully saturated rings. The molecule has 1 aromatic carbocycles. The van der Waals surface area contributed by atoms with Crippen molar-refractivity contribution in [2.75, 3.05) is 6.54 Å². The van der Waals surface area contributed by atoms with Crippen molar-refractivity contribution in [1.29, 1.82) is 0 Å². The lowest BCUT2D eigenvalue weighted by Gasteiger charge is -2.25. The summed E-state index contributed by atoms with van der Waals surface area (Å²) in [5.41, 5.74) is 2.30. The Morgan fingerprint density at radius 2 is 2.33 bits per heavy atom. The zero-order chi connectivity index (χ0) is 12.6. The fraction of sp³-hybridized carbons (Fsp3) is 0.357. The van der Waals surface area contributed by atoms with Crippen LogP contribution in [0.4, 0.5) is 0 Å². The second-order valence-electron chi connectivity index (χ2n) is 5.00. The predicted octanol–water partition coefficient (Wildman–Crippen LogP) is 3.12. The van der Waals surface area contributed by atoms with E-state index >= 15 is 0 Å². The van der Waals surface area contributed by atoms with Crippen molar-refractivity contribution < 1.29 is 0 Å². The third-order valence-electron chi connectivity index (χ3n) is 3.74. The second-order valence-corrected chi connectivity index (χ2v) is 5.41. The summed E-state index contributed by atoms with van der Waals surface area (Å²) in [7, 11) is 0. The van der Waals surface area contributed by atoms with Gasteiger partial charge in [-0.25, -0.2) is 4.98 Å². The van der Waals surface area contributed by atoms with Crippen LogP contribution in [0.25, 0.3) is 5.69 Å². The van der Waals surface area contributed by atoms with Gasteiger partial charge in [-0.1, -0.05) is 17.7 Å². The molecule has 1 N–H and O–H groups in total. The standard InChI is InChI=1S/C14H16ClN3/c1-14(5-2-6-17-14)11-3-4-13(12(15)9-11)18-8-7-16-10-18/h3-4,7-10,17H,2,5-6H2,1H3. The largest absolute Gasteiger partial charge is 0.308 e. The maximum atomic E-state index is 6.38. The molecule has 1 saturated heterocycles.